The first-order valence-corrected chi connectivity index (χ1v) is 8.02. The Kier molecular flexibility index (Phi) is 4.28. The van der Waals surface area contributed by atoms with Gasteiger partial charge in [0, 0.05) is 44.2 Å². The molecule has 0 radical (unpaired) electrons. The molecule has 0 saturated carbocycles. The molecule has 0 aromatic carbocycles. The van der Waals surface area contributed by atoms with E-state index in [1.165, 1.54) is 13.0 Å². The Morgan fingerprint density at radius 3 is 2.57 bits per heavy atom. The van der Waals surface area contributed by atoms with Gasteiger partial charge in [-0.2, -0.15) is 4.98 Å². The maximum absolute atomic E-state index is 5.37. The molecule has 6 nitrogen and oxygen atoms in total. The summed E-state index contributed by atoms with van der Waals surface area (Å²) in [5.74, 6) is 1.55. The van der Waals surface area contributed by atoms with Gasteiger partial charge in [0.1, 0.15) is 0 Å². The van der Waals surface area contributed by atoms with Crippen LogP contribution in [0.25, 0.3) is 0 Å². The smallest absolute Gasteiger partial charge is 0.232 e. The van der Waals surface area contributed by atoms with E-state index < -0.39 is 0 Å². The summed E-state index contributed by atoms with van der Waals surface area (Å²) < 4.78 is 5.37. The minimum atomic E-state index is -0.0700. The van der Waals surface area contributed by atoms with Gasteiger partial charge in [0.25, 0.3) is 0 Å². The molecule has 0 aliphatic carbocycles. The van der Waals surface area contributed by atoms with E-state index in [9.17, 15) is 0 Å². The molecule has 2 fully saturated rings. The fourth-order valence-corrected chi connectivity index (χ4v) is 3.06. The standard InChI is InChI=1S/C15H27N5O/c1-15(2,3)14-17-13(18-21-14)11-19-6-8-20(9-7-19)12-4-5-16-10-12/h12,16H,4-11H2,1-3H3. The number of piperazine rings is 1. The molecule has 1 aromatic rings. The van der Waals surface area contributed by atoms with E-state index in [0.29, 0.717) is 0 Å². The number of hydrogen-bond donors (Lipinski definition) is 1. The molecule has 2 saturated heterocycles. The van der Waals surface area contributed by atoms with Crippen LogP contribution in [0.15, 0.2) is 4.52 Å². The van der Waals surface area contributed by atoms with Crippen molar-refractivity contribution in [1.29, 1.82) is 0 Å². The Balaban J connectivity index is 1.50. The maximum atomic E-state index is 5.37. The maximum Gasteiger partial charge on any atom is 0.232 e. The fourth-order valence-electron chi connectivity index (χ4n) is 3.06. The Morgan fingerprint density at radius 2 is 2.00 bits per heavy atom. The summed E-state index contributed by atoms with van der Waals surface area (Å²) in [7, 11) is 0. The lowest BCUT2D eigenvalue weighted by Gasteiger charge is -2.37. The lowest BCUT2D eigenvalue weighted by Crippen LogP contribution is -2.50. The minimum Gasteiger partial charge on any atom is -0.339 e. The van der Waals surface area contributed by atoms with Crippen molar-refractivity contribution in [3.05, 3.63) is 11.7 Å². The molecular formula is C15H27N5O. The predicted molar refractivity (Wildman–Crippen MR) is 81.1 cm³/mol. The lowest BCUT2D eigenvalue weighted by molar-refractivity contribution is 0.0959. The topological polar surface area (TPSA) is 57.4 Å². The molecule has 0 spiro atoms. The zero-order chi connectivity index (χ0) is 14.9. The highest BCUT2D eigenvalue weighted by molar-refractivity contribution is 4.98. The van der Waals surface area contributed by atoms with E-state index in [4.69, 9.17) is 4.52 Å². The Bertz CT molecular complexity index is 453. The average Bonchev–Trinajstić information content (AvgIpc) is 3.09. The molecule has 1 aromatic heterocycles. The Morgan fingerprint density at radius 1 is 1.24 bits per heavy atom. The van der Waals surface area contributed by atoms with Crippen molar-refractivity contribution in [2.75, 3.05) is 39.3 Å². The van der Waals surface area contributed by atoms with Crippen LogP contribution < -0.4 is 5.32 Å². The molecule has 2 aliphatic heterocycles. The summed E-state index contributed by atoms with van der Waals surface area (Å²) in [5.41, 5.74) is -0.0700. The number of nitrogens with one attached hydrogen (secondary N) is 1. The van der Waals surface area contributed by atoms with Crippen molar-refractivity contribution in [2.45, 2.75) is 45.2 Å². The number of nitrogens with zero attached hydrogens (tertiary/aromatic N) is 4. The molecule has 3 heterocycles. The van der Waals surface area contributed by atoms with Gasteiger partial charge in [0.15, 0.2) is 5.82 Å². The summed E-state index contributed by atoms with van der Waals surface area (Å²) in [6, 6.07) is 0.741. The largest absolute Gasteiger partial charge is 0.339 e. The van der Waals surface area contributed by atoms with Crippen molar-refractivity contribution in [3.8, 4) is 0 Å². The van der Waals surface area contributed by atoms with E-state index in [-0.39, 0.29) is 5.41 Å². The zero-order valence-corrected chi connectivity index (χ0v) is 13.4. The lowest BCUT2D eigenvalue weighted by atomic mass is 9.97. The molecule has 1 N–H and O–H groups in total. The third kappa shape index (κ3) is 3.62. The third-order valence-electron chi connectivity index (χ3n) is 4.43. The molecule has 21 heavy (non-hydrogen) atoms. The van der Waals surface area contributed by atoms with Crippen LogP contribution in [0.5, 0.6) is 0 Å². The van der Waals surface area contributed by atoms with Crippen LogP contribution in [0.1, 0.15) is 38.9 Å². The van der Waals surface area contributed by atoms with Crippen LogP contribution in [-0.4, -0.2) is 65.3 Å². The molecule has 6 heteroatoms. The first-order valence-electron chi connectivity index (χ1n) is 8.02. The van der Waals surface area contributed by atoms with Gasteiger partial charge in [-0.1, -0.05) is 25.9 Å². The summed E-state index contributed by atoms with van der Waals surface area (Å²) in [6.07, 6.45) is 1.29. The second kappa shape index (κ2) is 6.02. The summed E-state index contributed by atoms with van der Waals surface area (Å²) >= 11 is 0. The molecule has 0 bridgehead atoms. The van der Waals surface area contributed by atoms with Crippen LogP contribution in [0.2, 0.25) is 0 Å². The van der Waals surface area contributed by atoms with Gasteiger partial charge in [-0.3, -0.25) is 9.80 Å². The number of hydrogen-bond acceptors (Lipinski definition) is 6. The summed E-state index contributed by atoms with van der Waals surface area (Å²) in [4.78, 5) is 9.57. The van der Waals surface area contributed by atoms with Gasteiger partial charge >= 0.3 is 0 Å². The molecule has 1 atom stereocenters. The fraction of sp³-hybridized carbons (Fsp3) is 0.867. The van der Waals surface area contributed by atoms with Crippen LogP contribution >= 0.6 is 0 Å². The third-order valence-corrected chi connectivity index (χ3v) is 4.43. The highest BCUT2D eigenvalue weighted by atomic mass is 16.5. The van der Waals surface area contributed by atoms with E-state index in [1.54, 1.807) is 0 Å². The molecule has 0 amide bonds. The first-order chi connectivity index (χ1) is 10.0. The van der Waals surface area contributed by atoms with Gasteiger partial charge < -0.3 is 9.84 Å². The van der Waals surface area contributed by atoms with Crippen molar-refractivity contribution in [3.63, 3.8) is 0 Å². The van der Waals surface area contributed by atoms with Gasteiger partial charge in [-0.25, -0.2) is 0 Å². The normalized spacial score (nSPS) is 25.6. The first kappa shape index (κ1) is 14.9. The van der Waals surface area contributed by atoms with Crippen molar-refractivity contribution >= 4 is 0 Å². The number of aromatic nitrogens is 2. The van der Waals surface area contributed by atoms with E-state index in [1.807, 2.05) is 0 Å². The minimum absolute atomic E-state index is 0.0700. The van der Waals surface area contributed by atoms with Crippen LogP contribution in [-0.2, 0) is 12.0 Å². The summed E-state index contributed by atoms with van der Waals surface area (Å²) in [6.45, 7) is 13.9. The monoisotopic (exact) mass is 293 g/mol. The SMILES string of the molecule is CC(C)(C)c1nc(CN2CCN(C3CCNC3)CC2)no1. The Hall–Kier alpha value is -0.980. The molecular weight excluding hydrogens is 266 g/mol. The molecule has 3 rings (SSSR count). The number of rotatable bonds is 3. The highest BCUT2D eigenvalue weighted by Crippen LogP contribution is 2.20. The van der Waals surface area contributed by atoms with Crippen molar-refractivity contribution in [2.24, 2.45) is 0 Å². The second-order valence-electron chi connectivity index (χ2n) is 7.22. The average molecular weight is 293 g/mol. The van der Waals surface area contributed by atoms with E-state index in [2.05, 4.69) is 46.0 Å². The van der Waals surface area contributed by atoms with Crippen molar-refractivity contribution < 1.29 is 4.52 Å². The van der Waals surface area contributed by atoms with Crippen LogP contribution in [0.3, 0.4) is 0 Å². The molecule has 1 unspecified atom stereocenters. The second-order valence-corrected chi connectivity index (χ2v) is 7.22. The van der Waals surface area contributed by atoms with Gasteiger partial charge in [0.2, 0.25) is 5.89 Å². The van der Waals surface area contributed by atoms with Crippen LogP contribution in [0, 0.1) is 0 Å². The van der Waals surface area contributed by atoms with Crippen LogP contribution in [0.4, 0.5) is 0 Å². The zero-order valence-electron chi connectivity index (χ0n) is 13.4. The van der Waals surface area contributed by atoms with Crippen molar-refractivity contribution in [1.82, 2.24) is 25.3 Å². The molecule has 118 valence electrons. The Labute approximate surface area is 126 Å². The van der Waals surface area contributed by atoms with E-state index in [0.717, 1.165) is 57.0 Å². The van der Waals surface area contributed by atoms with E-state index >= 15 is 0 Å². The quantitative estimate of drug-likeness (QED) is 0.891. The highest BCUT2D eigenvalue weighted by Gasteiger charge is 2.27. The summed E-state index contributed by atoms with van der Waals surface area (Å²) in [5, 5.41) is 7.57. The predicted octanol–water partition coefficient (Wildman–Crippen LogP) is 0.847. The van der Waals surface area contributed by atoms with Gasteiger partial charge in [-0.15, -0.1) is 0 Å². The molecule has 2 aliphatic rings. The van der Waals surface area contributed by atoms with Gasteiger partial charge in [0.05, 0.1) is 6.54 Å². The van der Waals surface area contributed by atoms with Gasteiger partial charge in [-0.05, 0) is 13.0 Å².